The van der Waals surface area contributed by atoms with Crippen LogP contribution in [0, 0.1) is 12.7 Å². The Kier molecular flexibility index (Phi) is 4.29. The van der Waals surface area contributed by atoms with Crippen molar-refractivity contribution in [1.29, 1.82) is 0 Å². The van der Waals surface area contributed by atoms with Gasteiger partial charge in [-0.25, -0.2) is 14.1 Å². The van der Waals surface area contributed by atoms with Crippen LogP contribution in [0.15, 0.2) is 55.0 Å². The highest BCUT2D eigenvalue weighted by Gasteiger charge is 2.16. The topological polar surface area (TPSA) is 72.7 Å². The van der Waals surface area contributed by atoms with Gasteiger partial charge in [0.15, 0.2) is 0 Å². The molecule has 0 saturated heterocycles. The van der Waals surface area contributed by atoms with E-state index in [9.17, 15) is 9.18 Å². The molecule has 3 aromatic heterocycles. The van der Waals surface area contributed by atoms with Gasteiger partial charge in [0.05, 0.1) is 40.5 Å². The van der Waals surface area contributed by atoms with Gasteiger partial charge in [0.2, 0.25) is 0 Å². The smallest absolute Gasteiger partial charge is 0.258 e. The van der Waals surface area contributed by atoms with Crippen LogP contribution in [0.3, 0.4) is 0 Å². The number of carbonyl (C=O) groups excluding carboxylic acids is 1. The minimum atomic E-state index is -0.334. The number of anilines is 1. The van der Waals surface area contributed by atoms with Crippen LogP contribution >= 0.6 is 11.6 Å². The van der Waals surface area contributed by atoms with Crippen molar-refractivity contribution in [3.05, 3.63) is 77.2 Å². The van der Waals surface area contributed by atoms with E-state index < -0.39 is 0 Å². The Hall–Kier alpha value is -3.32. The largest absolute Gasteiger partial charge is 0.320 e. The lowest BCUT2D eigenvalue weighted by Crippen LogP contribution is -2.14. The van der Waals surface area contributed by atoms with Crippen molar-refractivity contribution in [3.63, 3.8) is 0 Å². The van der Waals surface area contributed by atoms with E-state index in [1.54, 1.807) is 48.3 Å². The molecule has 27 heavy (non-hydrogen) atoms. The molecule has 0 atom stereocenters. The predicted molar refractivity (Wildman–Crippen MR) is 101 cm³/mol. The fourth-order valence-corrected chi connectivity index (χ4v) is 2.95. The molecule has 8 heteroatoms. The molecule has 0 aliphatic heterocycles. The maximum Gasteiger partial charge on any atom is 0.258 e. The first kappa shape index (κ1) is 17.1. The van der Waals surface area contributed by atoms with Crippen LogP contribution in [0.5, 0.6) is 0 Å². The number of rotatable bonds is 3. The average Bonchev–Trinajstić information content (AvgIpc) is 3.09. The number of carbonyl (C=O) groups is 1. The van der Waals surface area contributed by atoms with Gasteiger partial charge in [0.25, 0.3) is 5.91 Å². The Morgan fingerprint density at radius 1 is 1.11 bits per heavy atom. The number of amides is 1. The van der Waals surface area contributed by atoms with Crippen LogP contribution in [0.2, 0.25) is 5.15 Å². The molecule has 0 aliphatic rings. The third-order valence-corrected chi connectivity index (χ3v) is 4.32. The van der Waals surface area contributed by atoms with Gasteiger partial charge in [-0.15, -0.1) is 0 Å². The molecular weight excluding hydrogens is 369 g/mol. The Morgan fingerprint density at radius 2 is 1.89 bits per heavy atom. The summed E-state index contributed by atoms with van der Waals surface area (Å²) in [6.45, 7) is 1.76. The van der Waals surface area contributed by atoms with Gasteiger partial charge in [-0.2, -0.15) is 5.10 Å². The minimum Gasteiger partial charge on any atom is -0.320 e. The number of fused-ring (bicyclic) bond motifs is 1. The van der Waals surface area contributed by atoms with E-state index in [0.717, 1.165) is 0 Å². The van der Waals surface area contributed by atoms with Crippen LogP contribution in [-0.4, -0.2) is 25.7 Å². The van der Waals surface area contributed by atoms with E-state index in [1.165, 1.54) is 18.3 Å². The highest BCUT2D eigenvalue weighted by atomic mass is 35.5. The van der Waals surface area contributed by atoms with Crippen molar-refractivity contribution >= 4 is 34.1 Å². The Morgan fingerprint density at radius 3 is 2.63 bits per heavy atom. The van der Waals surface area contributed by atoms with Gasteiger partial charge < -0.3 is 5.32 Å². The van der Waals surface area contributed by atoms with E-state index in [2.05, 4.69) is 20.4 Å². The second-order valence-electron chi connectivity index (χ2n) is 5.87. The van der Waals surface area contributed by atoms with Gasteiger partial charge in [0, 0.05) is 11.6 Å². The second-order valence-corrected chi connectivity index (χ2v) is 6.26. The lowest BCUT2D eigenvalue weighted by molar-refractivity contribution is 0.102. The van der Waals surface area contributed by atoms with Gasteiger partial charge in [-0.3, -0.25) is 9.78 Å². The zero-order valence-corrected chi connectivity index (χ0v) is 14.9. The van der Waals surface area contributed by atoms with E-state index in [1.807, 2.05) is 0 Å². The van der Waals surface area contributed by atoms with Crippen LogP contribution in [-0.2, 0) is 0 Å². The average molecular weight is 382 g/mol. The summed E-state index contributed by atoms with van der Waals surface area (Å²) in [6, 6.07) is 9.22. The molecule has 1 aromatic carbocycles. The number of hydrogen-bond donors (Lipinski definition) is 1. The Labute approximate surface area is 158 Å². The van der Waals surface area contributed by atoms with Crippen LogP contribution in [0.4, 0.5) is 10.1 Å². The SMILES string of the molecule is Cc1nc(Cl)ccc1NC(=O)c1cncc2c1cnn2-c1ccc(F)cc1. The van der Waals surface area contributed by atoms with Crippen LogP contribution in [0.1, 0.15) is 16.1 Å². The number of nitrogens with zero attached hydrogens (tertiary/aromatic N) is 4. The molecule has 1 amide bonds. The third kappa shape index (κ3) is 3.24. The monoisotopic (exact) mass is 381 g/mol. The summed E-state index contributed by atoms with van der Waals surface area (Å²) < 4.78 is 14.8. The van der Waals surface area contributed by atoms with Gasteiger partial charge in [-0.1, -0.05) is 11.6 Å². The maximum absolute atomic E-state index is 13.2. The quantitative estimate of drug-likeness (QED) is 0.540. The molecule has 0 spiro atoms. The summed E-state index contributed by atoms with van der Waals surface area (Å²) >= 11 is 5.85. The molecule has 134 valence electrons. The molecule has 0 radical (unpaired) electrons. The van der Waals surface area contributed by atoms with Crippen molar-refractivity contribution in [2.45, 2.75) is 6.92 Å². The maximum atomic E-state index is 13.2. The molecule has 0 bridgehead atoms. The van der Waals surface area contributed by atoms with Crippen molar-refractivity contribution in [3.8, 4) is 5.69 Å². The molecule has 4 rings (SSSR count). The minimum absolute atomic E-state index is 0.333. The summed E-state index contributed by atoms with van der Waals surface area (Å²) in [5.74, 6) is -0.667. The normalized spacial score (nSPS) is 10.9. The first-order valence-corrected chi connectivity index (χ1v) is 8.43. The summed E-state index contributed by atoms with van der Waals surface area (Å²) in [7, 11) is 0. The zero-order valence-electron chi connectivity index (χ0n) is 14.1. The molecule has 1 N–H and O–H groups in total. The van der Waals surface area contributed by atoms with Crippen LogP contribution < -0.4 is 5.32 Å². The number of pyridine rings is 2. The zero-order chi connectivity index (χ0) is 19.0. The summed E-state index contributed by atoms with van der Waals surface area (Å²) in [6.07, 6.45) is 4.67. The molecule has 6 nitrogen and oxygen atoms in total. The lowest BCUT2D eigenvalue weighted by Gasteiger charge is -2.09. The van der Waals surface area contributed by atoms with Crippen molar-refractivity contribution in [2.24, 2.45) is 0 Å². The predicted octanol–water partition coefficient (Wildman–Crippen LogP) is 4.17. The van der Waals surface area contributed by atoms with Crippen molar-refractivity contribution in [2.75, 3.05) is 5.32 Å². The number of aromatic nitrogens is 4. The molecule has 0 saturated carbocycles. The van der Waals surface area contributed by atoms with E-state index >= 15 is 0 Å². The highest BCUT2D eigenvalue weighted by molar-refractivity contribution is 6.29. The lowest BCUT2D eigenvalue weighted by atomic mass is 10.1. The van der Waals surface area contributed by atoms with Crippen molar-refractivity contribution < 1.29 is 9.18 Å². The van der Waals surface area contributed by atoms with E-state index in [4.69, 9.17) is 11.6 Å². The first-order valence-electron chi connectivity index (χ1n) is 8.05. The standard InChI is InChI=1S/C19H13ClFN5O/c1-11-16(6-7-18(20)24-11)25-19(27)15-8-22-10-17-14(15)9-23-26(17)13-4-2-12(21)3-5-13/h2-10H,1H3,(H,25,27). The highest BCUT2D eigenvalue weighted by Crippen LogP contribution is 2.23. The Balaban J connectivity index is 1.72. The van der Waals surface area contributed by atoms with E-state index in [-0.39, 0.29) is 11.7 Å². The number of aryl methyl sites for hydroxylation is 1. The van der Waals surface area contributed by atoms with E-state index in [0.29, 0.717) is 38.7 Å². The van der Waals surface area contributed by atoms with Gasteiger partial charge in [0.1, 0.15) is 11.0 Å². The van der Waals surface area contributed by atoms with Crippen LogP contribution in [0.25, 0.3) is 16.6 Å². The number of halogens is 2. The fraction of sp³-hybridized carbons (Fsp3) is 0.0526. The molecule has 0 fully saturated rings. The third-order valence-electron chi connectivity index (χ3n) is 4.11. The van der Waals surface area contributed by atoms with Gasteiger partial charge >= 0.3 is 0 Å². The summed E-state index contributed by atoms with van der Waals surface area (Å²) in [4.78, 5) is 21.0. The molecule has 0 unspecified atom stereocenters. The summed E-state index contributed by atoms with van der Waals surface area (Å²) in [5, 5.41) is 8.12. The van der Waals surface area contributed by atoms with Gasteiger partial charge in [-0.05, 0) is 43.3 Å². The van der Waals surface area contributed by atoms with Crippen molar-refractivity contribution in [1.82, 2.24) is 19.7 Å². The Bertz CT molecular complexity index is 1160. The molecular formula is C19H13ClFN5O. The first-order chi connectivity index (χ1) is 13.0. The molecule has 4 aromatic rings. The second kappa shape index (κ2) is 6.77. The molecule has 3 heterocycles. The number of benzene rings is 1. The summed E-state index contributed by atoms with van der Waals surface area (Å²) in [5.41, 5.74) is 2.85. The molecule has 0 aliphatic carbocycles. The number of nitrogens with one attached hydrogen (secondary N) is 1. The fourth-order valence-electron chi connectivity index (χ4n) is 2.76. The number of hydrogen-bond acceptors (Lipinski definition) is 4.